The Balaban J connectivity index is 1.62. The number of hydrogen-bond acceptors (Lipinski definition) is 4. The van der Waals surface area contributed by atoms with Crippen molar-refractivity contribution in [1.29, 1.82) is 0 Å². The van der Waals surface area contributed by atoms with Crippen LogP contribution in [0, 0.1) is 5.82 Å². The van der Waals surface area contributed by atoms with Crippen LogP contribution in [0.25, 0.3) is 0 Å². The topological polar surface area (TPSA) is 72.3 Å². The van der Waals surface area contributed by atoms with Gasteiger partial charge in [0, 0.05) is 13.6 Å². The van der Waals surface area contributed by atoms with Gasteiger partial charge in [0.15, 0.2) is 5.82 Å². The van der Waals surface area contributed by atoms with Gasteiger partial charge < -0.3 is 19.5 Å². The average Bonchev–Trinajstić information content (AvgIpc) is 3.02. The number of benzene rings is 1. The summed E-state index contributed by atoms with van der Waals surface area (Å²) in [7, 11) is 1.83. The van der Waals surface area contributed by atoms with Gasteiger partial charge in [-0.2, -0.15) is 0 Å². The molecule has 3 rings (SSSR count). The van der Waals surface area contributed by atoms with Gasteiger partial charge >= 0.3 is 6.03 Å². The molecule has 0 bridgehead atoms. The van der Waals surface area contributed by atoms with Crippen LogP contribution in [0.2, 0.25) is 0 Å². The first-order valence-electron chi connectivity index (χ1n) is 7.81. The van der Waals surface area contributed by atoms with Crippen molar-refractivity contribution >= 4 is 6.03 Å². The van der Waals surface area contributed by atoms with E-state index in [0.29, 0.717) is 25.5 Å². The normalized spacial score (nSPS) is 19.1. The second-order valence-corrected chi connectivity index (χ2v) is 5.83. The maximum atomic E-state index is 13.0. The lowest BCUT2D eigenvalue weighted by molar-refractivity contribution is -0.0158. The zero-order chi connectivity index (χ0) is 17.1. The molecule has 8 heteroatoms. The standard InChI is InChI=1S/C16H20FN5O2/c1-11(15-20-18-10-21(15)2)19-16(23)22-7-8-24-14(9-22)12-3-5-13(17)6-4-12/h3-6,10-11,14H,7-9H2,1-2H3,(H,19,23). The van der Waals surface area contributed by atoms with Crippen LogP contribution < -0.4 is 5.32 Å². The maximum absolute atomic E-state index is 13.0. The highest BCUT2D eigenvalue weighted by Crippen LogP contribution is 2.22. The Morgan fingerprint density at radius 2 is 2.17 bits per heavy atom. The fourth-order valence-corrected chi connectivity index (χ4v) is 2.74. The highest BCUT2D eigenvalue weighted by Gasteiger charge is 2.27. The van der Waals surface area contributed by atoms with Crippen molar-refractivity contribution in [3.05, 3.63) is 47.8 Å². The van der Waals surface area contributed by atoms with E-state index in [1.165, 1.54) is 12.1 Å². The molecule has 0 radical (unpaired) electrons. The van der Waals surface area contributed by atoms with Crippen LogP contribution in [0.4, 0.5) is 9.18 Å². The molecule has 2 unspecified atom stereocenters. The van der Waals surface area contributed by atoms with E-state index in [1.54, 1.807) is 27.9 Å². The van der Waals surface area contributed by atoms with Crippen LogP contribution in [-0.2, 0) is 11.8 Å². The molecular weight excluding hydrogens is 313 g/mol. The summed E-state index contributed by atoms with van der Waals surface area (Å²) < 4.78 is 20.5. The first-order chi connectivity index (χ1) is 11.5. The van der Waals surface area contributed by atoms with E-state index in [9.17, 15) is 9.18 Å². The Hall–Kier alpha value is -2.48. The van der Waals surface area contributed by atoms with E-state index in [1.807, 2.05) is 14.0 Å². The zero-order valence-corrected chi connectivity index (χ0v) is 13.6. The third-order valence-electron chi connectivity index (χ3n) is 4.07. The molecule has 0 spiro atoms. The molecule has 1 aromatic carbocycles. The van der Waals surface area contributed by atoms with E-state index < -0.39 is 0 Å². The second kappa shape index (κ2) is 6.96. The summed E-state index contributed by atoms with van der Waals surface area (Å²) in [4.78, 5) is 14.2. The molecular formula is C16H20FN5O2. The summed E-state index contributed by atoms with van der Waals surface area (Å²) in [5.41, 5.74) is 0.857. The largest absolute Gasteiger partial charge is 0.370 e. The number of amides is 2. The molecule has 128 valence electrons. The number of hydrogen-bond donors (Lipinski definition) is 1. The first-order valence-corrected chi connectivity index (χ1v) is 7.81. The number of aromatic nitrogens is 3. The van der Waals surface area contributed by atoms with Gasteiger partial charge in [-0.3, -0.25) is 0 Å². The van der Waals surface area contributed by atoms with Gasteiger partial charge in [0.2, 0.25) is 0 Å². The molecule has 1 aliphatic rings. The smallest absolute Gasteiger partial charge is 0.318 e. The van der Waals surface area contributed by atoms with Crippen molar-refractivity contribution in [3.8, 4) is 0 Å². The van der Waals surface area contributed by atoms with Gasteiger partial charge in [-0.15, -0.1) is 10.2 Å². The lowest BCUT2D eigenvalue weighted by atomic mass is 10.1. The van der Waals surface area contributed by atoms with Crippen molar-refractivity contribution in [3.63, 3.8) is 0 Å². The molecule has 2 atom stereocenters. The highest BCUT2D eigenvalue weighted by atomic mass is 19.1. The fourth-order valence-electron chi connectivity index (χ4n) is 2.74. The van der Waals surface area contributed by atoms with Gasteiger partial charge in [0.1, 0.15) is 18.2 Å². The molecule has 1 saturated heterocycles. The summed E-state index contributed by atoms with van der Waals surface area (Å²) in [5.74, 6) is 0.397. The Labute approximate surface area is 139 Å². The van der Waals surface area contributed by atoms with Gasteiger partial charge in [-0.1, -0.05) is 12.1 Å². The van der Waals surface area contributed by atoms with Gasteiger partial charge in [-0.25, -0.2) is 9.18 Å². The van der Waals surface area contributed by atoms with E-state index in [4.69, 9.17) is 4.74 Å². The molecule has 2 heterocycles. The van der Waals surface area contributed by atoms with Crippen molar-refractivity contribution in [2.24, 2.45) is 7.05 Å². The summed E-state index contributed by atoms with van der Waals surface area (Å²) in [6.07, 6.45) is 1.34. The summed E-state index contributed by atoms with van der Waals surface area (Å²) in [6, 6.07) is 5.73. The van der Waals surface area contributed by atoms with Gasteiger partial charge in [0.05, 0.1) is 19.2 Å². The van der Waals surface area contributed by atoms with Crippen molar-refractivity contribution in [2.75, 3.05) is 19.7 Å². The quantitative estimate of drug-likeness (QED) is 0.930. The number of morpholine rings is 1. The number of carbonyl (C=O) groups excluding carboxylic acids is 1. The number of rotatable bonds is 3. The minimum absolute atomic E-state index is 0.180. The molecule has 0 aliphatic carbocycles. The third kappa shape index (κ3) is 3.53. The molecule has 0 saturated carbocycles. The molecule has 7 nitrogen and oxygen atoms in total. The Bertz CT molecular complexity index is 703. The number of nitrogens with zero attached hydrogens (tertiary/aromatic N) is 4. The predicted octanol–water partition coefficient (Wildman–Crippen LogP) is 1.80. The minimum Gasteiger partial charge on any atom is -0.370 e. The average molecular weight is 333 g/mol. The Morgan fingerprint density at radius 1 is 1.42 bits per heavy atom. The lowest BCUT2D eigenvalue weighted by Crippen LogP contribution is -2.47. The van der Waals surface area contributed by atoms with E-state index in [-0.39, 0.29) is 24.0 Å². The van der Waals surface area contributed by atoms with Gasteiger partial charge in [0.25, 0.3) is 0 Å². The van der Waals surface area contributed by atoms with Crippen LogP contribution in [0.1, 0.15) is 30.5 Å². The number of ether oxygens (including phenoxy) is 1. The monoisotopic (exact) mass is 333 g/mol. The lowest BCUT2D eigenvalue weighted by Gasteiger charge is -2.33. The molecule has 1 aromatic heterocycles. The number of halogens is 1. The zero-order valence-electron chi connectivity index (χ0n) is 13.6. The van der Waals surface area contributed by atoms with Crippen molar-refractivity contribution < 1.29 is 13.9 Å². The van der Waals surface area contributed by atoms with Crippen LogP contribution in [0.15, 0.2) is 30.6 Å². The van der Waals surface area contributed by atoms with E-state index >= 15 is 0 Å². The molecule has 1 aliphatic heterocycles. The molecule has 2 amide bonds. The predicted molar refractivity (Wildman–Crippen MR) is 84.6 cm³/mol. The van der Waals surface area contributed by atoms with Crippen LogP contribution in [0.5, 0.6) is 0 Å². The van der Waals surface area contributed by atoms with E-state index in [0.717, 1.165) is 5.56 Å². The van der Waals surface area contributed by atoms with Crippen molar-refractivity contribution in [1.82, 2.24) is 25.0 Å². The minimum atomic E-state index is -0.290. The maximum Gasteiger partial charge on any atom is 0.318 e. The molecule has 2 aromatic rings. The number of nitrogens with one attached hydrogen (secondary N) is 1. The fraction of sp³-hybridized carbons (Fsp3) is 0.438. The Morgan fingerprint density at radius 3 is 2.83 bits per heavy atom. The summed E-state index contributed by atoms with van der Waals surface area (Å²) >= 11 is 0. The van der Waals surface area contributed by atoms with E-state index in [2.05, 4.69) is 15.5 Å². The number of aryl methyl sites for hydroxylation is 1. The molecule has 24 heavy (non-hydrogen) atoms. The SMILES string of the molecule is CC(NC(=O)N1CCOC(c2ccc(F)cc2)C1)c1nncn1C. The van der Waals surface area contributed by atoms with Gasteiger partial charge in [-0.05, 0) is 24.6 Å². The number of urea groups is 1. The number of carbonyl (C=O) groups is 1. The Kier molecular flexibility index (Phi) is 4.75. The summed E-state index contributed by atoms with van der Waals surface area (Å²) in [6.45, 7) is 3.23. The summed E-state index contributed by atoms with van der Waals surface area (Å²) in [5, 5.41) is 10.7. The first kappa shape index (κ1) is 16.4. The van der Waals surface area contributed by atoms with Crippen LogP contribution in [-0.4, -0.2) is 45.4 Å². The molecule has 1 N–H and O–H groups in total. The third-order valence-corrected chi connectivity index (χ3v) is 4.07. The van der Waals surface area contributed by atoms with Crippen LogP contribution >= 0.6 is 0 Å². The van der Waals surface area contributed by atoms with Crippen molar-refractivity contribution in [2.45, 2.75) is 19.1 Å². The van der Waals surface area contributed by atoms with Crippen LogP contribution in [0.3, 0.4) is 0 Å². The second-order valence-electron chi connectivity index (χ2n) is 5.83. The highest BCUT2D eigenvalue weighted by molar-refractivity contribution is 5.74. The molecule has 1 fully saturated rings.